The summed E-state index contributed by atoms with van der Waals surface area (Å²) in [6.45, 7) is 1.29. The summed E-state index contributed by atoms with van der Waals surface area (Å²) in [5, 5.41) is 12.4. The van der Waals surface area contributed by atoms with Crippen molar-refractivity contribution in [1.82, 2.24) is 5.32 Å². The van der Waals surface area contributed by atoms with Crippen LogP contribution in [0.4, 0.5) is 5.69 Å². The van der Waals surface area contributed by atoms with Gasteiger partial charge in [0.15, 0.2) is 0 Å². The second kappa shape index (κ2) is 6.24. The molecule has 0 radical (unpaired) electrons. The molecule has 1 aromatic rings. The highest BCUT2D eigenvalue weighted by atomic mass is 16.5. The first kappa shape index (κ1) is 13.4. The van der Waals surface area contributed by atoms with Crippen LogP contribution in [0.3, 0.4) is 0 Å². The first-order valence-corrected chi connectivity index (χ1v) is 6.31. The number of phenolic OH excluding ortho intramolecular Hbond substituents is 1. The van der Waals surface area contributed by atoms with Gasteiger partial charge in [-0.15, -0.1) is 0 Å². The highest BCUT2D eigenvalue weighted by Gasteiger charge is 2.15. The normalized spacial score (nSPS) is 18.8. The smallest absolute Gasteiger partial charge is 0.244 e. The van der Waals surface area contributed by atoms with Crippen LogP contribution in [-0.4, -0.2) is 30.3 Å². The zero-order valence-corrected chi connectivity index (χ0v) is 10.6. The molecule has 0 bridgehead atoms. The Labute approximate surface area is 112 Å². The van der Waals surface area contributed by atoms with Gasteiger partial charge in [-0.1, -0.05) is 0 Å². The van der Waals surface area contributed by atoms with Crippen molar-refractivity contribution in [2.75, 3.05) is 18.9 Å². The Kier molecular flexibility index (Phi) is 4.41. The van der Waals surface area contributed by atoms with Gasteiger partial charge in [-0.2, -0.15) is 0 Å². The maximum absolute atomic E-state index is 11.6. The first-order chi connectivity index (χ1) is 9.15. The van der Waals surface area contributed by atoms with Crippen LogP contribution in [0.25, 0.3) is 6.08 Å². The number of ether oxygens (including phenoxy) is 1. The van der Waals surface area contributed by atoms with E-state index in [4.69, 9.17) is 10.5 Å². The van der Waals surface area contributed by atoms with E-state index in [1.165, 1.54) is 18.2 Å². The molecule has 102 valence electrons. The van der Waals surface area contributed by atoms with Gasteiger partial charge in [0.1, 0.15) is 5.75 Å². The lowest BCUT2D eigenvalue weighted by Crippen LogP contribution is -2.30. The highest BCUT2D eigenvalue weighted by molar-refractivity contribution is 5.92. The molecular formula is C14H18N2O3. The molecule has 0 aliphatic carbocycles. The van der Waals surface area contributed by atoms with Crippen LogP contribution in [0, 0.1) is 0 Å². The number of carbonyl (C=O) groups is 1. The second-order valence-corrected chi connectivity index (χ2v) is 4.53. The molecule has 4 N–H and O–H groups in total. The van der Waals surface area contributed by atoms with Gasteiger partial charge < -0.3 is 20.9 Å². The maximum Gasteiger partial charge on any atom is 0.244 e. The average Bonchev–Trinajstić information content (AvgIpc) is 2.90. The molecule has 1 amide bonds. The topological polar surface area (TPSA) is 84.6 Å². The molecule has 1 unspecified atom stereocenters. The zero-order valence-electron chi connectivity index (χ0n) is 10.6. The van der Waals surface area contributed by atoms with Crippen molar-refractivity contribution < 1.29 is 14.6 Å². The molecule has 0 aromatic heterocycles. The van der Waals surface area contributed by atoms with Gasteiger partial charge in [-0.25, -0.2) is 0 Å². The number of nitrogens with one attached hydrogen (secondary N) is 1. The van der Waals surface area contributed by atoms with E-state index >= 15 is 0 Å². The summed E-state index contributed by atoms with van der Waals surface area (Å²) >= 11 is 0. The zero-order chi connectivity index (χ0) is 13.7. The van der Waals surface area contributed by atoms with Gasteiger partial charge in [-0.3, -0.25) is 4.79 Å². The van der Waals surface area contributed by atoms with Gasteiger partial charge in [0, 0.05) is 30.5 Å². The molecule has 1 aliphatic heterocycles. The highest BCUT2D eigenvalue weighted by Crippen LogP contribution is 2.20. The van der Waals surface area contributed by atoms with Gasteiger partial charge in [0.05, 0.1) is 6.10 Å². The molecule has 5 nitrogen and oxygen atoms in total. The molecule has 1 aromatic carbocycles. The van der Waals surface area contributed by atoms with Crippen molar-refractivity contribution in [2.24, 2.45) is 0 Å². The van der Waals surface area contributed by atoms with Gasteiger partial charge in [0.25, 0.3) is 0 Å². The molecule has 1 fully saturated rings. The van der Waals surface area contributed by atoms with Gasteiger partial charge >= 0.3 is 0 Å². The average molecular weight is 262 g/mol. The van der Waals surface area contributed by atoms with E-state index in [0.717, 1.165) is 19.4 Å². The Balaban J connectivity index is 1.86. The molecule has 0 spiro atoms. The summed E-state index contributed by atoms with van der Waals surface area (Å²) in [5.74, 6) is -0.116. The number of aromatic hydroxyl groups is 1. The third kappa shape index (κ3) is 3.99. The minimum Gasteiger partial charge on any atom is -0.507 e. The number of carbonyl (C=O) groups excluding carboxylic acids is 1. The number of benzene rings is 1. The maximum atomic E-state index is 11.6. The summed E-state index contributed by atoms with van der Waals surface area (Å²) < 4.78 is 5.41. The van der Waals surface area contributed by atoms with Crippen molar-refractivity contribution >= 4 is 17.7 Å². The van der Waals surface area contributed by atoms with E-state index in [1.54, 1.807) is 12.1 Å². The number of rotatable bonds is 4. The van der Waals surface area contributed by atoms with Gasteiger partial charge in [0.2, 0.25) is 5.91 Å². The van der Waals surface area contributed by atoms with Crippen LogP contribution in [-0.2, 0) is 9.53 Å². The third-order valence-electron chi connectivity index (χ3n) is 2.99. The first-order valence-electron chi connectivity index (χ1n) is 6.31. The summed E-state index contributed by atoms with van der Waals surface area (Å²) in [4.78, 5) is 11.6. The molecule has 1 atom stereocenters. The van der Waals surface area contributed by atoms with Crippen molar-refractivity contribution in [3.8, 4) is 5.75 Å². The fourth-order valence-corrected chi connectivity index (χ4v) is 1.95. The summed E-state index contributed by atoms with van der Waals surface area (Å²) in [6.07, 6.45) is 5.08. The van der Waals surface area contributed by atoms with Crippen molar-refractivity contribution in [3.63, 3.8) is 0 Å². The van der Waals surface area contributed by atoms with E-state index in [1.807, 2.05) is 0 Å². The standard InChI is InChI=1S/C14H18N2O3/c15-11-4-5-13(17)10(8-11)3-6-14(18)16-9-12-2-1-7-19-12/h3-6,8,12,17H,1-2,7,9,15H2,(H,16,18)/b6-3+. The number of phenols is 1. The Bertz CT molecular complexity index is 480. The molecule has 5 heteroatoms. The molecule has 0 saturated carbocycles. The molecule has 2 rings (SSSR count). The molecule has 19 heavy (non-hydrogen) atoms. The third-order valence-corrected chi connectivity index (χ3v) is 2.99. The van der Waals surface area contributed by atoms with Crippen LogP contribution in [0.5, 0.6) is 5.75 Å². The lowest BCUT2D eigenvalue weighted by molar-refractivity contribution is -0.116. The Morgan fingerprint density at radius 2 is 2.42 bits per heavy atom. The number of nitrogens with two attached hydrogens (primary N) is 1. The van der Waals surface area contributed by atoms with E-state index in [9.17, 15) is 9.90 Å². The predicted octanol–water partition coefficient (Wildman–Crippen LogP) is 1.28. The number of anilines is 1. The minimum absolute atomic E-state index is 0.0948. The van der Waals surface area contributed by atoms with E-state index in [0.29, 0.717) is 17.8 Å². The summed E-state index contributed by atoms with van der Waals surface area (Å²) in [7, 11) is 0. The minimum atomic E-state index is -0.211. The summed E-state index contributed by atoms with van der Waals surface area (Å²) in [6, 6.07) is 4.71. The number of hydrogen-bond acceptors (Lipinski definition) is 4. The quantitative estimate of drug-likeness (QED) is 0.433. The second-order valence-electron chi connectivity index (χ2n) is 4.53. The van der Waals surface area contributed by atoms with Crippen LogP contribution < -0.4 is 11.1 Å². The number of nitrogen functional groups attached to an aromatic ring is 1. The fourth-order valence-electron chi connectivity index (χ4n) is 1.95. The monoisotopic (exact) mass is 262 g/mol. The molecule has 1 saturated heterocycles. The Morgan fingerprint density at radius 1 is 1.58 bits per heavy atom. The van der Waals surface area contributed by atoms with Crippen molar-refractivity contribution in [3.05, 3.63) is 29.8 Å². The van der Waals surface area contributed by atoms with Gasteiger partial charge in [-0.05, 0) is 37.1 Å². The molecular weight excluding hydrogens is 244 g/mol. The van der Waals surface area contributed by atoms with Crippen LogP contribution in [0.2, 0.25) is 0 Å². The van der Waals surface area contributed by atoms with Crippen molar-refractivity contribution in [1.29, 1.82) is 0 Å². The van der Waals surface area contributed by atoms with Crippen LogP contribution >= 0.6 is 0 Å². The van der Waals surface area contributed by atoms with Crippen LogP contribution in [0.15, 0.2) is 24.3 Å². The predicted molar refractivity (Wildman–Crippen MR) is 73.5 cm³/mol. The van der Waals surface area contributed by atoms with E-state index in [2.05, 4.69) is 5.32 Å². The molecule has 1 aliphatic rings. The fraction of sp³-hybridized carbons (Fsp3) is 0.357. The number of hydrogen-bond donors (Lipinski definition) is 3. The largest absolute Gasteiger partial charge is 0.507 e. The van der Waals surface area contributed by atoms with Crippen molar-refractivity contribution in [2.45, 2.75) is 18.9 Å². The van der Waals surface area contributed by atoms with E-state index in [-0.39, 0.29) is 17.8 Å². The SMILES string of the molecule is Nc1ccc(O)c(/C=C/C(=O)NCC2CCCO2)c1. The Hall–Kier alpha value is -2.01. The summed E-state index contributed by atoms with van der Waals surface area (Å²) in [5.41, 5.74) is 6.67. The van der Waals surface area contributed by atoms with Crippen LogP contribution in [0.1, 0.15) is 18.4 Å². The lowest BCUT2D eigenvalue weighted by atomic mass is 10.1. The van der Waals surface area contributed by atoms with E-state index < -0.39 is 0 Å². The lowest BCUT2D eigenvalue weighted by Gasteiger charge is -2.08. The Morgan fingerprint density at radius 3 is 3.16 bits per heavy atom. The molecule has 1 heterocycles. The number of amides is 1.